The molecule has 0 saturated carbocycles. The molecule has 0 amide bonds. The lowest BCUT2D eigenvalue weighted by Crippen LogP contribution is -2.13. The molecule has 12 heteroatoms. The van der Waals surface area contributed by atoms with Gasteiger partial charge in [-0.1, -0.05) is 12.1 Å². The SMILES string of the molecule is O=c1cc(OCCOCP(=O)(O)O)nc(-c2ccc(C(F)(F)F)cc2)[nH]1. The van der Waals surface area contributed by atoms with Crippen molar-refractivity contribution in [3.63, 3.8) is 0 Å². The lowest BCUT2D eigenvalue weighted by atomic mass is 10.1. The molecule has 26 heavy (non-hydrogen) atoms. The quantitative estimate of drug-likeness (QED) is 0.485. The van der Waals surface area contributed by atoms with Crippen molar-refractivity contribution in [2.24, 2.45) is 0 Å². The van der Waals surface area contributed by atoms with E-state index in [1.54, 1.807) is 0 Å². The van der Waals surface area contributed by atoms with E-state index in [4.69, 9.17) is 19.3 Å². The van der Waals surface area contributed by atoms with Crippen LogP contribution in [0.15, 0.2) is 35.1 Å². The zero-order valence-corrected chi connectivity index (χ0v) is 14.0. The Morgan fingerprint density at radius 2 is 1.81 bits per heavy atom. The Morgan fingerprint density at radius 1 is 1.15 bits per heavy atom. The first-order valence-electron chi connectivity index (χ1n) is 7.09. The number of halogens is 3. The van der Waals surface area contributed by atoms with Gasteiger partial charge in [-0.15, -0.1) is 0 Å². The average Bonchev–Trinajstić information content (AvgIpc) is 2.52. The zero-order chi connectivity index (χ0) is 19.4. The highest BCUT2D eigenvalue weighted by Gasteiger charge is 2.30. The fourth-order valence-electron chi connectivity index (χ4n) is 1.85. The Bertz CT molecular complexity index is 847. The number of aromatic nitrogens is 2. The molecule has 0 fully saturated rings. The molecule has 142 valence electrons. The number of alkyl halides is 3. The van der Waals surface area contributed by atoms with E-state index in [2.05, 4.69) is 9.97 Å². The predicted molar refractivity (Wildman–Crippen MR) is 83.7 cm³/mol. The third-order valence-electron chi connectivity index (χ3n) is 2.94. The van der Waals surface area contributed by atoms with E-state index >= 15 is 0 Å². The smallest absolute Gasteiger partial charge is 0.416 e. The number of ether oxygens (including phenoxy) is 2. The highest BCUT2D eigenvalue weighted by atomic mass is 31.2. The van der Waals surface area contributed by atoms with Crippen LogP contribution in [0.5, 0.6) is 5.88 Å². The molecule has 3 N–H and O–H groups in total. The van der Waals surface area contributed by atoms with Crippen molar-refractivity contribution in [3.8, 4) is 17.3 Å². The topological polar surface area (TPSA) is 122 Å². The van der Waals surface area contributed by atoms with Gasteiger partial charge in [0.05, 0.1) is 18.2 Å². The van der Waals surface area contributed by atoms with Gasteiger partial charge < -0.3 is 24.2 Å². The van der Waals surface area contributed by atoms with E-state index in [-0.39, 0.29) is 30.5 Å². The number of nitrogens with zero attached hydrogens (tertiary/aromatic N) is 1. The predicted octanol–water partition coefficient (Wildman–Crippen LogP) is 1.99. The maximum absolute atomic E-state index is 12.6. The minimum absolute atomic E-state index is 0.0114. The standard InChI is InChI=1S/C14H14F3N2O6P/c15-14(16,17)10-3-1-9(2-4-10)13-18-11(20)7-12(19-13)25-6-5-24-8-26(21,22)23/h1-4,7H,5-6,8H2,(H,18,19,20)(H2,21,22,23). The Hall–Kier alpha value is -2.20. The lowest BCUT2D eigenvalue weighted by Gasteiger charge is -2.09. The van der Waals surface area contributed by atoms with Crippen LogP contribution >= 0.6 is 7.60 Å². The van der Waals surface area contributed by atoms with Crippen LogP contribution in [0.1, 0.15) is 5.56 Å². The van der Waals surface area contributed by atoms with Gasteiger partial charge in [-0.3, -0.25) is 9.36 Å². The molecular weight excluding hydrogens is 380 g/mol. The summed E-state index contributed by atoms with van der Waals surface area (Å²) in [5.41, 5.74) is -1.17. The van der Waals surface area contributed by atoms with Crippen molar-refractivity contribution in [2.75, 3.05) is 19.6 Å². The van der Waals surface area contributed by atoms with Crippen LogP contribution in [0.4, 0.5) is 13.2 Å². The number of aromatic amines is 1. The van der Waals surface area contributed by atoms with E-state index in [0.717, 1.165) is 30.3 Å². The molecule has 0 spiro atoms. The van der Waals surface area contributed by atoms with Crippen LogP contribution in [0.2, 0.25) is 0 Å². The monoisotopic (exact) mass is 394 g/mol. The number of benzene rings is 1. The molecule has 1 aromatic carbocycles. The number of hydrogen-bond donors (Lipinski definition) is 3. The van der Waals surface area contributed by atoms with E-state index in [1.807, 2.05) is 0 Å². The molecule has 0 aliphatic rings. The molecular formula is C14H14F3N2O6P. The third-order valence-corrected chi connectivity index (χ3v) is 3.46. The Morgan fingerprint density at radius 3 is 2.38 bits per heavy atom. The molecule has 0 saturated heterocycles. The van der Waals surface area contributed by atoms with Gasteiger partial charge in [0, 0.05) is 5.56 Å². The van der Waals surface area contributed by atoms with Crippen LogP contribution in [0, 0.1) is 0 Å². The largest absolute Gasteiger partial charge is 0.475 e. The van der Waals surface area contributed by atoms with Gasteiger partial charge in [-0.05, 0) is 12.1 Å². The molecule has 0 aliphatic heterocycles. The first kappa shape index (κ1) is 20.1. The molecule has 0 aliphatic carbocycles. The second-order valence-corrected chi connectivity index (χ2v) is 6.65. The summed E-state index contributed by atoms with van der Waals surface area (Å²) in [6, 6.07) is 5.07. The summed E-state index contributed by atoms with van der Waals surface area (Å²) >= 11 is 0. The summed E-state index contributed by atoms with van der Waals surface area (Å²) in [6.45, 7) is -0.294. The van der Waals surface area contributed by atoms with Crippen molar-refractivity contribution in [3.05, 3.63) is 46.2 Å². The second-order valence-electron chi connectivity index (χ2n) is 5.06. The van der Waals surface area contributed by atoms with Crippen LogP contribution in [-0.4, -0.2) is 39.3 Å². The van der Waals surface area contributed by atoms with Gasteiger partial charge in [0.15, 0.2) is 0 Å². The molecule has 1 aromatic heterocycles. The molecule has 0 atom stereocenters. The Kier molecular flexibility index (Phi) is 6.19. The molecule has 2 rings (SSSR count). The van der Waals surface area contributed by atoms with Crippen molar-refractivity contribution < 1.29 is 37.0 Å². The summed E-state index contributed by atoms with van der Waals surface area (Å²) < 4.78 is 58.2. The minimum Gasteiger partial charge on any atom is -0.475 e. The minimum atomic E-state index is -4.47. The van der Waals surface area contributed by atoms with Crippen molar-refractivity contribution in [1.82, 2.24) is 9.97 Å². The van der Waals surface area contributed by atoms with Gasteiger partial charge in [0.25, 0.3) is 5.56 Å². The second kappa shape index (κ2) is 8.00. The molecule has 2 aromatic rings. The van der Waals surface area contributed by atoms with Crippen LogP contribution in [0.3, 0.4) is 0 Å². The van der Waals surface area contributed by atoms with Crippen molar-refractivity contribution in [1.29, 1.82) is 0 Å². The van der Waals surface area contributed by atoms with Gasteiger partial charge in [0.2, 0.25) is 5.88 Å². The third kappa shape index (κ3) is 6.26. The highest BCUT2D eigenvalue weighted by molar-refractivity contribution is 7.51. The van der Waals surface area contributed by atoms with E-state index in [0.29, 0.717) is 0 Å². The van der Waals surface area contributed by atoms with Gasteiger partial charge >= 0.3 is 13.8 Å². The molecule has 8 nitrogen and oxygen atoms in total. The van der Waals surface area contributed by atoms with Crippen LogP contribution in [0.25, 0.3) is 11.4 Å². The molecule has 0 radical (unpaired) electrons. The lowest BCUT2D eigenvalue weighted by molar-refractivity contribution is -0.137. The average molecular weight is 394 g/mol. The maximum atomic E-state index is 12.6. The molecule has 0 bridgehead atoms. The summed E-state index contributed by atoms with van der Waals surface area (Å²) in [5, 5.41) is 0. The maximum Gasteiger partial charge on any atom is 0.416 e. The van der Waals surface area contributed by atoms with Crippen LogP contribution < -0.4 is 10.3 Å². The molecule has 1 heterocycles. The molecule has 0 unspecified atom stereocenters. The van der Waals surface area contributed by atoms with Gasteiger partial charge in [-0.25, -0.2) is 0 Å². The zero-order valence-electron chi connectivity index (χ0n) is 13.1. The number of nitrogens with one attached hydrogen (secondary N) is 1. The van der Waals surface area contributed by atoms with E-state index in [9.17, 15) is 22.5 Å². The summed E-state index contributed by atoms with van der Waals surface area (Å²) in [6.07, 6.45) is -5.24. The fraction of sp³-hybridized carbons (Fsp3) is 0.286. The first-order chi connectivity index (χ1) is 12.0. The number of H-pyrrole nitrogens is 1. The van der Waals surface area contributed by atoms with E-state index < -0.39 is 31.2 Å². The van der Waals surface area contributed by atoms with Crippen molar-refractivity contribution >= 4 is 7.60 Å². The number of rotatable bonds is 7. The summed E-state index contributed by atoms with van der Waals surface area (Å²) in [4.78, 5) is 35.2. The van der Waals surface area contributed by atoms with E-state index in [1.165, 1.54) is 0 Å². The van der Waals surface area contributed by atoms with Gasteiger partial charge in [-0.2, -0.15) is 18.2 Å². The first-order valence-corrected chi connectivity index (χ1v) is 8.88. The number of hydrogen-bond acceptors (Lipinski definition) is 5. The Balaban J connectivity index is 2.05. The normalized spacial score (nSPS) is 12.2. The van der Waals surface area contributed by atoms with Gasteiger partial charge in [0.1, 0.15) is 18.8 Å². The summed E-state index contributed by atoms with van der Waals surface area (Å²) in [7, 11) is -4.28. The highest BCUT2D eigenvalue weighted by Crippen LogP contribution is 2.33. The summed E-state index contributed by atoms with van der Waals surface area (Å²) in [5.74, 6) is -0.0965. The van der Waals surface area contributed by atoms with Crippen LogP contribution in [-0.2, 0) is 15.5 Å². The fourth-order valence-corrected chi connectivity index (χ4v) is 2.22. The Labute approximate surface area is 144 Å². The van der Waals surface area contributed by atoms with Crippen molar-refractivity contribution in [2.45, 2.75) is 6.18 Å².